The van der Waals surface area contributed by atoms with Crippen LogP contribution in [0, 0.1) is 0 Å². The summed E-state index contributed by atoms with van der Waals surface area (Å²) in [7, 11) is 1.45. The lowest BCUT2D eigenvalue weighted by molar-refractivity contribution is -0.367. The summed E-state index contributed by atoms with van der Waals surface area (Å²) in [5.74, 6) is -0.0926. The fraction of sp³-hybridized carbons (Fsp3) is 0.909. The highest BCUT2D eigenvalue weighted by molar-refractivity contribution is 5.68. The number of rotatable bonds is 19. The Morgan fingerprint density at radius 3 is 1.61 bits per heavy atom. The molecule has 0 aliphatic carbocycles. The van der Waals surface area contributed by atoms with Crippen molar-refractivity contribution in [2.75, 3.05) is 13.7 Å². The van der Waals surface area contributed by atoms with Gasteiger partial charge in [-0.25, -0.2) is 9.68 Å². The predicted octanol–water partition coefficient (Wildman–Crippen LogP) is 5.74. The Morgan fingerprint density at radius 1 is 0.786 bits per heavy atom. The molecule has 0 aromatic heterocycles. The van der Waals surface area contributed by atoms with Crippen LogP contribution in [0.5, 0.6) is 0 Å². The molecule has 0 aromatic carbocycles. The molecule has 0 N–H and O–H groups in total. The van der Waals surface area contributed by atoms with E-state index in [1.54, 1.807) is 0 Å². The zero-order chi connectivity index (χ0) is 21.1. The minimum absolute atomic E-state index is 0.0926. The van der Waals surface area contributed by atoms with Crippen molar-refractivity contribution in [3.05, 3.63) is 0 Å². The highest BCUT2D eigenvalue weighted by Gasteiger charge is 2.16. The molecule has 0 rings (SSSR count). The summed E-state index contributed by atoms with van der Waals surface area (Å²) in [5.41, 5.74) is -0.439. The number of esters is 1. The first-order valence-electron chi connectivity index (χ1n) is 11.0. The SMILES string of the molecule is COC(=O)CCCCCCCCCCCCCCCON(C=O)OC(C)(C)C. The zero-order valence-corrected chi connectivity index (χ0v) is 18.7. The summed E-state index contributed by atoms with van der Waals surface area (Å²) in [5, 5.41) is 0.930. The molecule has 0 bridgehead atoms. The summed E-state index contributed by atoms with van der Waals surface area (Å²) < 4.78 is 4.63. The van der Waals surface area contributed by atoms with Gasteiger partial charge in [0.2, 0.25) is 0 Å². The van der Waals surface area contributed by atoms with Crippen molar-refractivity contribution in [2.24, 2.45) is 0 Å². The largest absolute Gasteiger partial charge is 0.469 e. The average Bonchev–Trinajstić information content (AvgIpc) is 2.65. The van der Waals surface area contributed by atoms with Crippen molar-refractivity contribution >= 4 is 12.4 Å². The van der Waals surface area contributed by atoms with E-state index in [-0.39, 0.29) is 5.97 Å². The maximum Gasteiger partial charge on any atom is 0.305 e. The molecule has 0 unspecified atom stereocenters. The predicted molar refractivity (Wildman–Crippen MR) is 111 cm³/mol. The molecule has 28 heavy (non-hydrogen) atoms. The summed E-state index contributed by atoms with van der Waals surface area (Å²) in [6.07, 6.45) is 16.8. The van der Waals surface area contributed by atoms with E-state index in [4.69, 9.17) is 9.68 Å². The first kappa shape index (κ1) is 26.9. The van der Waals surface area contributed by atoms with Gasteiger partial charge in [0.25, 0.3) is 6.41 Å². The first-order valence-corrected chi connectivity index (χ1v) is 11.0. The van der Waals surface area contributed by atoms with E-state index in [1.165, 1.54) is 64.9 Å². The third-order valence-electron chi connectivity index (χ3n) is 4.42. The topological polar surface area (TPSA) is 65.1 Å². The Bertz CT molecular complexity index is 382. The summed E-state index contributed by atoms with van der Waals surface area (Å²) >= 11 is 0. The lowest BCUT2D eigenvalue weighted by Gasteiger charge is -2.25. The monoisotopic (exact) mass is 401 g/mol. The average molecular weight is 402 g/mol. The van der Waals surface area contributed by atoms with Gasteiger partial charge in [-0.05, 0) is 33.6 Å². The number of unbranched alkanes of at least 4 members (excludes halogenated alkanes) is 12. The van der Waals surface area contributed by atoms with Crippen molar-refractivity contribution in [1.82, 2.24) is 5.23 Å². The fourth-order valence-electron chi connectivity index (χ4n) is 2.92. The molecule has 0 saturated heterocycles. The van der Waals surface area contributed by atoms with Gasteiger partial charge in [-0.1, -0.05) is 75.9 Å². The third-order valence-corrected chi connectivity index (χ3v) is 4.42. The standard InChI is InChI=1S/C22H43NO5/c1-22(2,3)28-23(20-24)27-19-17-15-13-11-9-7-5-6-8-10-12-14-16-18-21(25)26-4/h20H,5-19H2,1-4H3. The van der Waals surface area contributed by atoms with E-state index < -0.39 is 5.60 Å². The number of carbonyl (C=O) groups excluding carboxylic acids is 2. The molecule has 166 valence electrons. The molecule has 0 aliphatic rings. The maximum atomic E-state index is 11.0. The molecule has 6 heteroatoms. The van der Waals surface area contributed by atoms with Gasteiger partial charge in [-0.3, -0.25) is 9.59 Å². The fourth-order valence-corrected chi connectivity index (χ4v) is 2.92. The second kappa shape index (κ2) is 17.9. The molecule has 6 nitrogen and oxygen atoms in total. The molecule has 0 saturated carbocycles. The lowest BCUT2D eigenvalue weighted by Crippen LogP contribution is -2.33. The van der Waals surface area contributed by atoms with Crippen LogP contribution in [0.4, 0.5) is 0 Å². The van der Waals surface area contributed by atoms with Gasteiger partial charge in [0.15, 0.2) is 0 Å². The smallest absolute Gasteiger partial charge is 0.305 e. The van der Waals surface area contributed by atoms with Gasteiger partial charge in [0, 0.05) is 6.42 Å². The second-order valence-corrected chi connectivity index (χ2v) is 8.35. The van der Waals surface area contributed by atoms with Crippen LogP contribution >= 0.6 is 0 Å². The highest BCUT2D eigenvalue weighted by Crippen LogP contribution is 2.14. The Morgan fingerprint density at radius 2 is 1.21 bits per heavy atom. The normalized spacial score (nSPS) is 11.4. The second-order valence-electron chi connectivity index (χ2n) is 8.35. The van der Waals surface area contributed by atoms with Crippen LogP contribution in [0.3, 0.4) is 0 Å². The molecule has 0 atom stereocenters. The van der Waals surface area contributed by atoms with Crippen LogP contribution in [0.2, 0.25) is 0 Å². The van der Waals surface area contributed by atoms with Crippen LogP contribution in [-0.4, -0.2) is 36.9 Å². The molecule has 1 amide bonds. The van der Waals surface area contributed by atoms with E-state index in [2.05, 4.69) is 4.74 Å². The summed E-state index contributed by atoms with van der Waals surface area (Å²) in [6.45, 7) is 6.14. The molecule has 0 fully saturated rings. The van der Waals surface area contributed by atoms with Crippen LogP contribution in [-0.2, 0) is 24.0 Å². The van der Waals surface area contributed by atoms with E-state index in [0.717, 1.165) is 30.9 Å². The van der Waals surface area contributed by atoms with Crippen LogP contribution in [0.1, 0.15) is 111 Å². The van der Waals surface area contributed by atoms with E-state index in [0.29, 0.717) is 19.4 Å². The van der Waals surface area contributed by atoms with E-state index in [1.807, 2.05) is 20.8 Å². The van der Waals surface area contributed by atoms with Crippen LogP contribution in [0.25, 0.3) is 0 Å². The van der Waals surface area contributed by atoms with Crippen LogP contribution < -0.4 is 0 Å². The minimum Gasteiger partial charge on any atom is -0.469 e. The molecule has 0 heterocycles. The molecule has 0 aromatic rings. The van der Waals surface area contributed by atoms with Gasteiger partial charge < -0.3 is 4.74 Å². The quantitative estimate of drug-likeness (QED) is 0.119. The van der Waals surface area contributed by atoms with E-state index >= 15 is 0 Å². The van der Waals surface area contributed by atoms with E-state index in [9.17, 15) is 9.59 Å². The van der Waals surface area contributed by atoms with Gasteiger partial charge in [-0.15, -0.1) is 0 Å². The first-order chi connectivity index (χ1) is 13.4. The van der Waals surface area contributed by atoms with Crippen molar-refractivity contribution in [1.29, 1.82) is 0 Å². The number of ether oxygens (including phenoxy) is 1. The molecule has 0 radical (unpaired) electrons. The number of methoxy groups -OCH3 is 1. The number of nitrogens with zero attached hydrogens (tertiary/aromatic N) is 1. The number of hydrogen-bond donors (Lipinski definition) is 0. The van der Waals surface area contributed by atoms with Gasteiger partial charge >= 0.3 is 5.97 Å². The zero-order valence-electron chi connectivity index (χ0n) is 18.7. The Balaban J connectivity index is 3.25. The van der Waals surface area contributed by atoms with Crippen molar-refractivity contribution in [2.45, 2.75) is 116 Å². The lowest BCUT2D eigenvalue weighted by atomic mass is 10.0. The molecule has 0 spiro atoms. The Kier molecular flexibility index (Phi) is 17.2. The summed E-state index contributed by atoms with van der Waals surface area (Å²) in [6, 6.07) is 0. The minimum atomic E-state index is -0.439. The highest BCUT2D eigenvalue weighted by atomic mass is 17.0. The van der Waals surface area contributed by atoms with Crippen LogP contribution in [0.15, 0.2) is 0 Å². The van der Waals surface area contributed by atoms with Gasteiger partial charge in [-0.2, -0.15) is 0 Å². The molecule has 0 aliphatic heterocycles. The number of carbonyl (C=O) groups is 2. The number of amides is 1. The number of hydrogen-bond acceptors (Lipinski definition) is 5. The molecular weight excluding hydrogens is 358 g/mol. The maximum absolute atomic E-state index is 11.0. The number of hydroxylamine groups is 2. The Hall–Kier alpha value is -1.14. The summed E-state index contributed by atoms with van der Waals surface area (Å²) in [4.78, 5) is 32.5. The van der Waals surface area contributed by atoms with Crippen molar-refractivity contribution < 1.29 is 24.0 Å². The third kappa shape index (κ3) is 19.6. The van der Waals surface area contributed by atoms with Crippen molar-refractivity contribution in [3.63, 3.8) is 0 Å². The molecular formula is C22H43NO5. The van der Waals surface area contributed by atoms with Crippen molar-refractivity contribution in [3.8, 4) is 0 Å². The van der Waals surface area contributed by atoms with Gasteiger partial charge in [0.05, 0.1) is 19.3 Å². The Labute approximate surface area is 172 Å². The van der Waals surface area contributed by atoms with Gasteiger partial charge in [0.1, 0.15) is 0 Å².